The van der Waals surface area contributed by atoms with Crippen LogP contribution in [0.15, 0.2) is 24.3 Å². The Morgan fingerprint density at radius 1 is 1.16 bits per heavy atom. The average molecular weight is 346 g/mol. The van der Waals surface area contributed by atoms with Crippen LogP contribution in [-0.2, 0) is 9.53 Å². The number of amides is 2. The van der Waals surface area contributed by atoms with Gasteiger partial charge in [-0.05, 0) is 39.3 Å². The fraction of sp³-hybridized carbons (Fsp3) is 0.526. The van der Waals surface area contributed by atoms with Crippen LogP contribution in [0.2, 0.25) is 0 Å². The lowest BCUT2D eigenvalue weighted by molar-refractivity contribution is -0.157. The summed E-state index contributed by atoms with van der Waals surface area (Å²) in [5, 5.41) is 3.12. The van der Waals surface area contributed by atoms with Gasteiger partial charge < -0.3 is 10.1 Å². The van der Waals surface area contributed by atoms with Crippen molar-refractivity contribution >= 4 is 17.8 Å². The lowest BCUT2D eigenvalue weighted by Crippen LogP contribution is -2.45. The van der Waals surface area contributed by atoms with E-state index in [0.717, 1.165) is 6.42 Å². The summed E-state index contributed by atoms with van der Waals surface area (Å²) in [7, 11) is 0. The molecule has 1 N–H and O–H groups in total. The molecule has 0 radical (unpaired) electrons. The van der Waals surface area contributed by atoms with Gasteiger partial charge in [0.2, 0.25) is 0 Å². The Morgan fingerprint density at radius 3 is 2.20 bits per heavy atom. The summed E-state index contributed by atoms with van der Waals surface area (Å²) >= 11 is 0. The van der Waals surface area contributed by atoms with Crippen LogP contribution in [0.5, 0.6) is 0 Å². The van der Waals surface area contributed by atoms with Crippen molar-refractivity contribution in [2.75, 3.05) is 13.1 Å². The Kier molecular flexibility index (Phi) is 5.95. The van der Waals surface area contributed by atoms with Crippen LogP contribution in [0.4, 0.5) is 0 Å². The molecule has 1 aliphatic rings. The molecule has 136 valence electrons. The number of rotatable bonds is 7. The first-order valence-corrected chi connectivity index (χ1v) is 8.66. The number of nitrogens with one attached hydrogen (secondary N) is 1. The maximum atomic E-state index is 12.3. The van der Waals surface area contributed by atoms with Crippen molar-refractivity contribution in [2.24, 2.45) is 0 Å². The second-order valence-electron chi connectivity index (χ2n) is 7.14. The van der Waals surface area contributed by atoms with Crippen LogP contribution in [0.1, 0.15) is 61.3 Å². The van der Waals surface area contributed by atoms with Gasteiger partial charge in [0.25, 0.3) is 11.8 Å². The highest BCUT2D eigenvalue weighted by atomic mass is 16.6. The molecule has 1 atom stereocenters. The van der Waals surface area contributed by atoms with Crippen molar-refractivity contribution in [3.63, 3.8) is 0 Å². The van der Waals surface area contributed by atoms with Gasteiger partial charge >= 0.3 is 5.97 Å². The van der Waals surface area contributed by atoms with Crippen molar-refractivity contribution < 1.29 is 19.1 Å². The minimum Gasteiger partial charge on any atom is -0.459 e. The third-order valence-corrected chi connectivity index (χ3v) is 3.87. The van der Waals surface area contributed by atoms with Crippen LogP contribution >= 0.6 is 0 Å². The van der Waals surface area contributed by atoms with Gasteiger partial charge in [0.1, 0.15) is 11.6 Å². The number of esters is 1. The summed E-state index contributed by atoms with van der Waals surface area (Å²) in [5.74, 6) is -0.880. The number of fused-ring (bicyclic) bond motifs is 1. The predicted octanol–water partition coefficient (Wildman–Crippen LogP) is 2.38. The molecule has 6 heteroatoms. The number of ether oxygens (including phenoxy) is 1. The fourth-order valence-corrected chi connectivity index (χ4v) is 2.76. The van der Waals surface area contributed by atoms with Crippen LogP contribution in [0.3, 0.4) is 0 Å². The number of hydrogen-bond acceptors (Lipinski definition) is 5. The van der Waals surface area contributed by atoms with E-state index in [0.29, 0.717) is 24.1 Å². The molecule has 1 aliphatic heterocycles. The Hall–Kier alpha value is -2.21. The molecule has 6 nitrogen and oxygen atoms in total. The molecule has 0 saturated heterocycles. The number of imide groups is 1. The summed E-state index contributed by atoms with van der Waals surface area (Å²) in [4.78, 5) is 38.1. The topological polar surface area (TPSA) is 75.7 Å². The SMILES string of the molecule is CCC[C@H](NCCN1C(=O)c2ccccc2C1=O)C(=O)OC(C)(C)C. The maximum Gasteiger partial charge on any atom is 0.323 e. The third-order valence-electron chi connectivity index (χ3n) is 3.87. The molecule has 1 aromatic rings. The van der Waals surface area contributed by atoms with Gasteiger partial charge in [-0.2, -0.15) is 0 Å². The van der Waals surface area contributed by atoms with E-state index in [9.17, 15) is 14.4 Å². The predicted molar refractivity (Wildman–Crippen MR) is 94.4 cm³/mol. The molecule has 0 unspecified atom stereocenters. The summed E-state index contributed by atoms with van der Waals surface area (Å²) < 4.78 is 5.42. The lowest BCUT2D eigenvalue weighted by atomic mass is 10.1. The van der Waals surface area contributed by atoms with Gasteiger partial charge in [-0.1, -0.05) is 25.5 Å². The molecule has 0 bridgehead atoms. The normalized spacial score (nSPS) is 15.3. The van der Waals surface area contributed by atoms with Crippen molar-refractivity contribution in [3.8, 4) is 0 Å². The largest absolute Gasteiger partial charge is 0.459 e. The highest BCUT2D eigenvalue weighted by Gasteiger charge is 2.35. The van der Waals surface area contributed by atoms with Gasteiger partial charge in [-0.25, -0.2) is 0 Å². The zero-order valence-corrected chi connectivity index (χ0v) is 15.3. The van der Waals surface area contributed by atoms with E-state index in [-0.39, 0.29) is 24.3 Å². The monoisotopic (exact) mass is 346 g/mol. The Morgan fingerprint density at radius 2 is 1.72 bits per heavy atom. The highest BCUT2D eigenvalue weighted by molar-refractivity contribution is 6.21. The van der Waals surface area contributed by atoms with E-state index in [1.807, 2.05) is 27.7 Å². The summed E-state index contributed by atoms with van der Waals surface area (Å²) in [6.45, 7) is 8.03. The van der Waals surface area contributed by atoms with Crippen LogP contribution in [0, 0.1) is 0 Å². The van der Waals surface area contributed by atoms with Crippen molar-refractivity contribution in [1.29, 1.82) is 0 Å². The fourth-order valence-electron chi connectivity index (χ4n) is 2.76. The van der Waals surface area contributed by atoms with Gasteiger partial charge in [0.15, 0.2) is 0 Å². The van der Waals surface area contributed by atoms with E-state index in [2.05, 4.69) is 5.32 Å². The molecule has 0 fully saturated rings. The van der Waals surface area contributed by atoms with Crippen LogP contribution in [-0.4, -0.2) is 47.4 Å². The molecule has 0 spiro atoms. The zero-order chi connectivity index (χ0) is 18.6. The first kappa shape index (κ1) is 19.1. The van der Waals surface area contributed by atoms with Gasteiger partial charge in [-0.15, -0.1) is 0 Å². The van der Waals surface area contributed by atoms with Gasteiger partial charge in [-0.3, -0.25) is 19.3 Å². The number of hydrogen-bond donors (Lipinski definition) is 1. The first-order chi connectivity index (χ1) is 11.7. The van der Waals surface area contributed by atoms with E-state index < -0.39 is 11.6 Å². The van der Waals surface area contributed by atoms with Crippen molar-refractivity contribution in [2.45, 2.75) is 52.2 Å². The van der Waals surface area contributed by atoms with E-state index in [1.165, 1.54) is 4.90 Å². The van der Waals surface area contributed by atoms with E-state index >= 15 is 0 Å². The molecular weight excluding hydrogens is 320 g/mol. The molecule has 0 aliphatic carbocycles. The lowest BCUT2D eigenvalue weighted by Gasteiger charge is -2.25. The van der Waals surface area contributed by atoms with Crippen LogP contribution < -0.4 is 5.32 Å². The summed E-state index contributed by atoms with van der Waals surface area (Å²) in [5.41, 5.74) is 0.322. The number of benzene rings is 1. The highest BCUT2D eigenvalue weighted by Crippen LogP contribution is 2.21. The van der Waals surface area contributed by atoms with E-state index in [4.69, 9.17) is 4.74 Å². The number of carbonyl (C=O) groups excluding carboxylic acids is 3. The Balaban J connectivity index is 1.93. The summed E-state index contributed by atoms with van der Waals surface area (Å²) in [6.07, 6.45) is 1.46. The van der Waals surface area contributed by atoms with Gasteiger partial charge in [0.05, 0.1) is 11.1 Å². The van der Waals surface area contributed by atoms with Crippen molar-refractivity contribution in [3.05, 3.63) is 35.4 Å². The summed E-state index contributed by atoms with van der Waals surface area (Å²) in [6, 6.07) is 6.35. The number of carbonyl (C=O) groups is 3. The second kappa shape index (κ2) is 7.78. The maximum absolute atomic E-state index is 12.3. The Labute approximate surface area is 148 Å². The molecule has 2 amide bonds. The van der Waals surface area contributed by atoms with Crippen molar-refractivity contribution in [1.82, 2.24) is 10.2 Å². The molecule has 0 saturated carbocycles. The Bertz CT molecular complexity index is 629. The third kappa shape index (κ3) is 4.66. The molecule has 1 heterocycles. The molecule has 25 heavy (non-hydrogen) atoms. The molecular formula is C19H26N2O4. The number of nitrogens with zero attached hydrogens (tertiary/aromatic N) is 1. The second-order valence-corrected chi connectivity index (χ2v) is 7.14. The van der Waals surface area contributed by atoms with Crippen LogP contribution in [0.25, 0.3) is 0 Å². The average Bonchev–Trinajstić information content (AvgIpc) is 2.77. The molecule has 1 aromatic carbocycles. The van der Waals surface area contributed by atoms with E-state index in [1.54, 1.807) is 24.3 Å². The van der Waals surface area contributed by atoms with Gasteiger partial charge in [0, 0.05) is 13.1 Å². The smallest absolute Gasteiger partial charge is 0.323 e. The standard InChI is InChI=1S/C19H26N2O4/c1-5-8-15(18(24)25-19(2,3)4)20-11-12-21-16(22)13-9-6-7-10-14(13)17(21)23/h6-7,9-10,15,20H,5,8,11-12H2,1-4H3/t15-/m0/s1. The molecule has 2 rings (SSSR count). The first-order valence-electron chi connectivity index (χ1n) is 8.66. The quantitative estimate of drug-likeness (QED) is 0.606. The minimum atomic E-state index is -0.548. The molecule has 0 aromatic heterocycles. The zero-order valence-electron chi connectivity index (χ0n) is 15.3. The minimum absolute atomic E-state index is 0.218.